The molecule has 2 aromatic carbocycles. The Morgan fingerprint density at radius 3 is 2.72 bits per heavy atom. The summed E-state index contributed by atoms with van der Waals surface area (Å²) < 4.78 is 15.3. The van der Waals surface area contributed by atoms with Crippen LogP contribution in [0.3, 0.4) is 0 Å². The molecule has 1 aliphatic rings. The Hall–Kier alpha value is -2.31. The Labute approximate surface area is 148 Å². The van der Waals surface area contributed by atoms with Gasteiger partial charge in [0.05, 0.1) is 5.37 Å². The zero-order valence-corrected chi connectivity index (χ0v) is 14.2. The van der Waals surface area contributed by atoms with E-state index in [1.54, 1.807) is 12.1 Å². The molecule has 0 saturated carbocycles. The number of fused-ring (bicyclic) bond motifs is 1. The zero-order chi connectivity index (χ0) is 17.4. The van der Waals surface area contributed by atoms with Gasteiger partial charge in [0, 0.05) is 35.8 Å². The molecule has 1 aliphatic heterocycles. The summed E-state index contributed by atoms with van der Waals surface area (Å²) in [7, 11) is 0. The number of carboxylic acid groups (broad SMARTS) is 1. The van der Waals surface area contributed by atoms with E-state index >= 15 is 0 Å². The summed E-state index contributed by atoms with van der Waals surface area (Å²) in [6.45, 7) is 1.10. The second kappa shape index (κ2) is 6.54. The molecule has 2 heterocycles. The summed E-state index contributed by atoms with van der Waals surface area (Å²) in [5, 5.41) is 13.2. The number of halogens is 1. The van der Waals surface area contributed by atoms with Crippen molar-refractivity contribution in [2.75, 3.05) is 6.54 Å². The topological polar surface area (TPSA) is 54.3 Å². The Balaban J connectivity index is 1.69. The van der Waals surface area contributed by atoms with Gasteiger partial charge in [0.15, 0.2) is 0 Å². The molecule has 4 nitrogen and oxygen atoms in total. The summed E-state index contributed by atoms with van der Waals surface area (Å²) in [6, 6.07) is 14.6. The van der Waals surface area contributed by atoms with Crippen LogP contribution in [0.5, 0.6) is 0 Å². The van der Waals surface area contributed by atoms with Crippen molar-refractivity contribution in [3.63, 3.8) is 0 Å². The molecule has 128 valence electrons. The summed E-state index contributed by atoms with van der Waals surface area (Å²) in [5.41, 5.74) is 3.19. The van der Waals surface area contributed by atoms with Crippen molar-refractivity contribution >= 4 is 28.6 Å². The Kier molecular flexibility index (Phi) is 4.23. The van der Waals surface area contributed by atoms with Crippen molar-refractivity contribution in [2.45, 2.75) is 17.2 Å². The van der Waals surface area contributed by atoms with Crippen LogP contribution >= 0.6 is 11.8 Å². The van der Waals surface area contributed by atoms with Gasteiger partial charge >= 0.3 is 5.97 Å². The fourth-order valence-electron chi connectivity index (χ4n) is 3.20. The summed E-state index contributed by atoms with van der Waals surface area (Å²) in [6.07, 6.45) is 2.07. The molecule has 0 amide bonds. The number of nitrogens with one attached hydrogen (secondary N) is 1. The van der Waals surface area contributed by atoms with Crippen molar-refractivity contribution in [2.24, 2.45) is 0 Å². The number of hydrogen-bond donors (Lipinski definition) is 2. The van der Waals surface area contributed by atoms with Crippen molar-refractivity contribution < 1.29 is 14.3 Å². The summed E-state index contributed by atoms with van der Waals surface area (Å²) in [5.74, 6) is -1.02. The average molecular weight is 356 g/mol. The van der Waals surface area contributed by atoms with Gasteiger partial charge in [-0.1, -0.05) is 30.3 Å². The van der Waals surface area contributed by atoms with Gasteiger partial charge in [0.1, 0.15) is 11.1 Å². The molecule has 3 aromatic rings. The second-order valence-electron chi connectivity index (χ2n) is 6.11. The first-order valence-electron chi connectivity index (χ1n) is 8.05. The molecule has 1 saturated heterocycles. The van der Waals surface area contributed by atoms with Crippen molar-refractivity contribution in [1.29, 1.82) is 0 Å². The molecule has 1 fully saturated rings. The highest BCUT2D eigenvalue weighted by Crippen LogP contribution is 2.39. The van der Waals surface area contributed by atoms with E-state index in [4.69, 9.17) is 0 Å². The van der Waals surface area contributed by atoms with E-state index in [1.165, 1.54) is 23.9 Å². The van der Waals surface area contributed by atoms with Gasteiger partial charge in [-0.05, 0) is 23.8 Å². The maximum Gasteiger partial charge on any atom is 0.318 e. The van der Waals surface area contributed by atoms with Crippen LogP contribution in [0.1, 0.15) is 16.5 Å². The first-order valence-corrected chi connectivity index (χ1v) is 9.00. The first-order chi connectivity index (χ1) is 12.1. The number of para-hydroxylation sites is 1. The summed E-state index contributed by atoms with van der Waals surface area (Å²) >= 11 is 1.43. The van der Waals surface area contributed by atoms with Crippen molar-refractivity contribution in [1.82, 2.24) is 9.88 Å². The average Bonchev–Trinajstić information content (AvgIpc) is 3.22. The van der Waals surface area contributed by atoms with Gasteiger partial charge in [-0.2, -0.15) is 0 Å². The molecule has 6 heteroatoms. The maximum absolute atomic E-state index is 13.1. The van der Waals surface area contributed by atoms with Crippen molar-refractivity contribution in [3.05, 3.63) is 71.7 Å². The molecule has 0 bridgehead atoms. The van der Waals surface area contributed by atoms with E-state index in [1.807, 2.05) is 12.1 Å². The maximum atomic E-state index is 13.1. The van der Waals surface area contributed by atoms with E-state index < -0.39 is 11.2 Å². The van der Waals surface area contributed by atoms with E-state index in [2.05, 4.69) is 28.2 Å². The second-order valence-corrected chi connectivity index (χ2v) is 7.42. The minimum Gasteiger partial charge on any atom is -0.480 e. The number of carbonyl (C=O) groups is 1. The molecule has 1 aromatic heterocycles. The number of aliphatic carboxylic acids is 1. The van der Waals surface area contributed by atoms with Crippen LogP contribution in [-0.4, -0.2) is 27.4 Å². The van der Waals surface area contributed by atoms with E-state index in [0.29, 0.717) is 13.1 Å². The van der Waals surface area contributed by atoms with Crippen LogP contribution in [0.4, 0.5) is 4.39 Å². The lowest BCUT2D eigenvalue weighted by molar-refractivity contribution is -0.136. The first kappa shape index (κ1) is 16.2. The Bertz CT molecular complexity index is 923. The number of aromatic nitrogens is 1. The van der Waals surface area contributed by atoms with Crippen LogP contribution in [0.15, 0.2) is 54.7 Å². The van der Waals surface area contributed by atoms with Crippen LogP contribution in [0, 0.1) is 5.82 Å². The lowest BCUT2D eigenvalue weighted by atomic mass is 10.1. The Morgan fingerprint density at radius 1 is 1.24 bits per heavy atom. The highest BCUT2D eigenvalue weighted by molar-refractivity contribution is 8.01. The number of rotatable bonds is 4. The molecule has 25 heavy (non-hydrogen) atoms. The number of nitrogens with zero attached hydrogens (tertiary/aromatic N) is 1. The third-order valence-electron chi connectivity index (χ3n) is 4.43. The molecule has 0 radical (unpaired) electrons. The smallest absolute Gasteiger partial charge is 0.318 e. The largest absolute Gasteiger partial charge is 0.480 e. The van der Waals surface area contributed by atoms with Gasteiger partial charge in [-0.25, -0.2) is 4.39 Å². The molecule has 0 spiro atoms. The molecular weight excluding hydrogens is 339 g/mol. The van der Waals surface area contributed by atoms with E-state index in [-0.39, 0.29) is 11.2 Å². The predicted octanol–water partition coefficient (Wildman–Crippen LogP) is 3.62. The third kappa shape index (κ3) is 3.15. The summed E-state index contributed by atoms with van der Waals surface area (Å²) in [4.78, 5) is 11.2. The number of thioether (sulfide) groups is 1. The minimum atomic E-state index is -0.782. The number of hydrogen-bond acceptors (Lipinski definition) is 3. The Morgan fingerprint density at radius 2 is 2.00 bits per heavy atom. The lowest BCUT2D eigenvalue weighted by Gasteiger charge is -2.08. The predicted molar refractivity (Wildman–Crippen MR) is 97.2 cm³/mol. The molecule has 4 rings (SSSR count). The van der Waals surface area contributed by atoms with E-state index in [9.17, 15) is 14.3 Å². The fraction of sp³-hybridized carbons (Fsp3) is 0.211. The van der Waals surface area contributed by atoms with Gasteiger partial charge in [0.25, 0.3) is 0 Å². The highest BCUT2D eigenvalue weighted by Gasteiger charge is 2.32. The van der Waals surface area contributed by atoms with Gasteiger partial charge < -0.3 is 9.67 Å². The standard InChI is InChI=1S/C19H17FN2O2S/c20-13-7-5-12(6-8-13)10-22-11-15(14-3-1-2-4-16(14)22)18-21-9-17(25-18)19(23)24/h1-8,11,17-18,21H,9-10H2,(H,23,24)/t17-,18+/m1/s1. The lowest BCUT2D eigenvalue weighted by Crippen LogP contribution is -2.21. The quantitative estimate of drug-likeness (QED) is 0.750. The van der Waals surface area contributed by atoms with Crippen molar-refractivity contribution in [3.8, 4) is 0 Å². The molecular formula is C19H17FN2O2S. The highest BCUT2D eigenvalue weighted by atomic mass is 32.2. The SMILES string of the molecule is O=C(O)[C@H]1CN[C@H](c2cn(Cc3ccc(F)cc3)c3ccccc23)S1. The molecule has 0 aliphatic carbocycles. The zero-order valence-electron chi connectivity index (χ0n) is 13.4. The van der Waals surface area contributed by atoms with Crippen LogP contribution in [-0.2, 0) is 11.3 Å². The van der Waals surface area contributed by atoms with Crippen LogP contribution < -0.4 is 5.32 Å². The van der Waals surface area contributed by atoms with Gasteiger partial charge in [0.2, 0.25) is 0 Å². The van der Waals surface area contributed by atoms with Gasteiger partial charge in [-0.3, -0.25) is 10.1 Å². The number of benzene rings is 2. The third-order valence-corrected chi connectivity index (χ3v) is 5.82. The monoisotopic (exact) mass is 356 g/mol. The molecule has 2 N–H and O–H groups in total. The number of carboxylic acids is 1. The van der Waals surface area contributed by atoms with Crippen LogP contribution in [0.25, 0.3) is 10.9 Å². The minimum absolute atomic E-state index is 0.0412. The fourth-order valence-corrected chi connectivity index (χ4v) is 4.37. The normalized spacial score (nSPS) is 20.2. The molecule has 2 atom stereocenters. The van der Waals surface area contributed by atoms with E-state index in [0.717, 1.165) is 22.0 Å². The van der Waals surface area contributed by atoms with Gasteiger partial charge in [-0.15, -0.1) is 11.8 Å². The molecule has 0 unspecified atom stereocenters. The van der Waals surface area contributed by atoms with Crippen LogP contribution in [0.2, 0.25) is 0 Å².